The van der Waals surface area contributed by atoms with Crippen molar-refractivity contribution in [2.24, 2.45) is 23.2 Å². The number of amides is 1. The summed E-state index contributed by atoms with van der Waals surface area (Å²) in [5, 5.41) is 0. The summed E-state index contributed by atoms with van der Waals surface area (Å²) < 4.78 is 43.0. The first-order valence-electron chi connectivity index (χ1n) is 15.1. The molecule has 43 heavy (non-hydrogen) atoms. The zero-order chi connectivity index (χ0) is 31.7. The van der Waals surface area contributed by atoms with E-state index >= 15 is 8.78 Å². The lowest BCUT2D eigenvalue weighted by atomic mass is 9.81. The van der Waals surface area contributed by atoms with Crippen molar-refractivity contribution in [3.05, 3.63) is 30.0 Å². The van der Waals surface area contributed by atoms with Crippen LogP contribution in [0.1, 0.15) is 85.8 Å². The molecule has 1 aliphatic heterocycles. The third-order valence-electron chi connectivity index (χ3n) is 8.87. The highest BCUT2D eigenvalue weighted by Crippen LogP contribution is 2.42. The number of para-hydroxylation sites is 2. The number of rotatable bonds is 12. The second-order valence-electron chi connectivity index (χ2n) is 13.0. The maximum Gasteiger partial charge on any atom is 0.305 e. The zero-order valence-corrected chi connectivity index (χ0v) is 27.9. The molecule has 1 aromatic heterocycles. The summed E-state index contributed by atoms with van der Waals surface area (Å²) in [6.07, 6.45) is 1.39. The van der Waals surface area contributed by atoms with E-state index in [2.05, 4.69) is 9.97 Å². The number of unbranched alkanes of at least 4 members (excludes halogenated alkanes) is 1. The number of carbonyl (C=O) groups excluding carboxylic acids is 3. The molecule has 4 rings (SSSR count). The fourth-order valence-electron chi connectivity index (χ4n) is 5.52. The minimum Gasteiger partial charge on any atom is -0.471 e. The van der Waals surface area contributed by atoms with Crippen LogP contribution in [0.15, 0.2) is 24.3 Å². The zero-order valence-electron chi connectivity index (χ0n) is 25.7. The van der Waals surface area contributed by atoms with E-state index in [9.17, 15) is 14.4 Å². The van der Waals surface area contributed by atoms with Gasteiger partial charge in [-0.05, 0) is 42.7 Å². The molecule has 2 aliphatic rings. The maximum atomic E-state index is 15.8. The number of likely N-dealkylation sites (tertiary alicyclic amines) is 1. The quantitative estimate of drug-likeness (QED) is 0.103. The number of fused-ring (bicyclic) bond motifs is 1. The van der Waals surface area contributed by atoms with Gasteiger partial charge in [0.1, 0.15) is 18.2 Å². The topological polar surface area (TPSA) is 98.7 Å². The Balaban J connectivity index is 1.52. The predicted octanol–water partition coefficient (Wildman–Crippen LogP) is 6.86. The molecule has 1 amide bonds. The summed E-state index contributed by atoms with van der Waals surface area (Å²) in [7, 11) is 0. The minimum atomic E-state index is -3.32. The van der Waals surface area contributed by atoms with Crippen LogP contribution in [0.25, 0.3) is 11.0 Å². The Kier molecular flexibility index (Phi) is 10.3. The van der Waals surface area contributed by atoms with Gasteiger partial charge in [-0.25, -0.2) is 9.97 Å². The van der Waals surface area contributed by atoms with Gasteiger partial charge in [-0.3, -0.25) is 14.4 Å². The van der Waals surface area contributed by atoms with Gasteiger partial charge in [-0.15, -0.1) is 0 Å². The fourth-order valence-corrected chi connectivity index (χ4v) is 6.42. The third kappa shape index (κ3) is 7.81. The lowest BCUT2D eigenvalue weighted by molar-refractivity contribution is -0.145. The van der Waals surface area contributed by atoms with Crippen molar-refractivity contribution in [3.8, 4) is 5.88 Å². The molecule has 1 aliphatic carbocycles. The Bertz CT molecular complexity index is 1350. The minimum absolute atomic E-state index is 0.0878. The fraction of sp³-hybridized carbons (Fsp3) is 0.656. The van der Waals surface area contributed by atoms with Crippen LogP contribution in [0.3, 0.4) is 0 Å². The lowest BCUT2D eigenvalue weighted by Gasteiger charge is -2.32. The molecule has 0 unspecified atom stereocenters. The molecule has 0 N–H and O–H groups in total. The molecule has 1 aromatic carbocycles. The van der Waals surface area contributed by atoms with E-state index in [0.717, 1.165) is 6.42 Å². The van der Waals surface area contributed by atoms with Crippen LogP contribution in [0, 0.1) is 23.2 Å². The molecule has 0 radical (unpaired) electrons. The van der Waals surface area contributed by atoms with Crippen molar-refractivity contribution in [1.29, 1.82) is 0 Å². The first kappa shape index (κ1) is 33.5. The van der Waals surface area contributed by atoms with Gasteiger partial charge in [0, 0.05) is 47.3 Å². The number of aromatic nitrogens is 2. The van der Waals surface area contributed by atoms with Gasteiger partial charge in [-0.1, -0.05) is 60.1 Å². The van der Waals surface area contributed by atoms with E-state index in [0.29, 0.717) is 30.3 Å². The number of carbonyl (C=O) groups is 3. The molecular formula is C32H42F2IN3O5. The summed E-state index contributed by atoms with van der Waals surface area (Å²) in [5.74, 6) is -4.56. The largest absolute Gasteiger partial charge is 0.471 e. The summed E-state index contributed by atoms with van der Waals surface area (Å²) in [6, 6.07) is 6.05. The Morgan fingerprint density at radius 1 is 1.09 bits per heavy atom. The van der Waals surface area contributed by atoms with Crippen molar-refractivity contribution < 1.29 is 32.6 Å². The summed E-state index contributed by atoms with van der Waals surface area (Å²) in [6.45, 7) is 11.4. The van der Waals surface area contributed by atoms with Crippen LogP contribution in [-0.4, -0.2) is 55.3 Å². The van der Waals surface area contributed by atoms with Crippen LogP contribution >= 0.6 is 22.6 Å². The second kappa shape index (κ2) is 13.3. The Morgan fingerprint density at radius 3 is 2.35 bits per heavy atom. The first-order valence-corrected chi connectivity index (χ1v) is 16.2. The SMILES string of the molecule is CCC(=O)O[C@@H]1C[C@H]1CCCCC(F)(F)c1nc2ccccc2nc1O[C@H]1CN(C(=O)[C@@H](C)C(C)(C)C)[C@H](C(=O)I)[C@@H]1C. The highest BCUT2D eigenvalue weighted by atomic mass is 127. The smallest absolute Gasteiger partial charge is 0.305 e. The normalized spacial score (nSPS) is 24.6. The first-order chi connectivity index (χ1) is 20.1. The van der Waals surface area contributed by atoms with Crippen molar-refractivity contribution in [1.82, 2.24) is 14.9 Å². The Labute approximate surface area is 265 Å². The molecule has 2 heterocycles. The van der Waals surface area contributed by atoms with E-state index in [-0.39, 0.29) is 57.9 Å². The van der Waals surface area contributed by atoms with Crippen molar-refractivity contribution in [2.45, 2.75) is 104 Å². The maximum absolute atomic E-state index is 15.8. The molecule has 6 atom stereocenters. The molecule has 0 bridgehead atoms. The van der Waals surface area contributed by atoms with E-state index < -0.39 is 36.1 Å². The van der Waals surface area contributed by atoms with E-state index in [1.165, 1.54) is 4.90 Å². The molecule has 11 heteroatoms. The van der Waals surface area contributed by atoms with Crippen LogP contribution in [-0.2, 0) is 25.0 Å². The third-order valence-corrected chi connectivity index (χ3v) is 9.51. The number of halogens is 3. The van der Waals surface area contributed by atoms with Gasteiger partial charge in [0.2, 0.25) is 15.6 Å². The number of ether oxygens (including phenoxy) is 2. The molecule has 236 valence electrons. The molecule has 2 aromatic rings. The van der Waals surface area contributed by atoms with Gasteiger partial charge in [-0.2, -0.15) is 8.78 Å². The van der Waals surface area contributed by atoms with Crippen LogP contribution < -0.4 is 4.74 Å². The molecule has 1 saturated heterocycles. The number of nitrogens with zero attached hydrogens (tertiary/aromatic N) is 3. The van der Waals surface area contributed by atoms with Crippen LogP contribution in [0.4, 0.5) is 8.78 Å². The second-order valence-corrected chi connectivity index (χ2v) is 14.1. The Morgan fingerprint density at radius 2 is 1.74 bits per heavy atom. The molecular weight excluding hydrogens is 671 g/mol. The van der Waals surface area contributed by atoms with Gasteiger partial charge >= 0.3 is 5.97 Å². The standard InChI is InChI=1S/C32H42F2IN3O5/c1-7-25(39)42-23-16-20(23)12-10-11-15-32(33,34)27-29(37-22-14-9-8-13-21(22)36-27)43-24-17-38(26(18(24)2)28(35)40)30(41)19(3)31(4,5)6/h8-9,13-14,18-20,23-24,26H,7,10-12,15-17H2,1-6H3/t18-,19-,20-,23-,24+,26+/m1/s1. The van der Waals surface area contributed by atoms with Gasteiger partial charge < -0.3 is 14.4 Å². The highest BCUT2D eigenvalue weighted by Gasteiger charge is 2.49. The van der Waals surface area contributed by atoms with E-state index in [1.54, 1.807) is 60.7 Å². The van der Waals surface area contributed by atoms with E-state index in [4.69, 9.17) is 9.47 Å². The van der Waals surface area contributed by atoms with Crippen LogP contribution in [0.2, 0.25) is 0 Å². The molecule has 8 nitrogen and oxygen atoms in total. The number of hydrogen-bond donors (Lipinski definition) is 0. The molecule has 1 saturated carbocycles. The average molecular weight is 714 g/mol. The number of hydrogen-bond acceptors (Lipinski definition) is 7. The van der Waals surface area contributed by atoms with Gasteiger partial charge in [0.25, 0.3) is 5.92 Å². The van der Waals surface area contributed by atoms with Crippen molar-refractivity contribution >= 4 is 49.3 Å². The van der Waals surface area contributed by atoms with Crippen molar-refractivity contribution in [2.75, 3.05) is 6.54 Å². The number of esters is 1. The summed E-state index contributed by atoms with van der Waals surface area (Å²) in [4.78, 5) is 48.0. The van der Waals surface area contributed by atoms with E-state index in [1.807, 2.05) is 27.7 Å². The molecule has 2 fully saturated rings. The number of alkyl halides is 2. The lowest BCUT2D eigenvalue weighted by Crippen LogP contribution is -2.46. The van der Waals surface area contributed by atoms with Gasteiger partial charge in [0.15, 0.2) is 5.69 Å². The van der Waals surface area contributed by atoms with Crippen molar-refractivity contribution in [3.63, 3.8) is 0 Å². The summed E-state index contributed by atoms with van der Waals surface area (Å²) >= 11 is 1.70. The highest BCUT2D eigenvalue weighted by molar-refractivity contribution is 14.1. The average Bonchev–Trinajstić information content (AvgIpc) is 3.60. The summed E-state index contributed by atoms with van der Waals surface area (Å²) in [5.41, 5.74) is -0.110. The van der Waals surface area contributed by atoms with Crippen LogP contribution in [0.5, 0.6) is 5.88 Å². The van der Waals surface area contributed by atoms with Gasteiger partial charge in [0.05, 0.1) is 17.6 Å². The predicted molar refractivity (Wildman–Crippen MR) is 167 cm³/mol. The monoisotopic (exact) mass is 713 g/mol. The number of benzene rings is 1. The molecule has 0 spiro atoms. The Hall–Kier alpha value is -2.44.